The van der Waals surface area contributed by atoms with E-state index in [1.54, 1.807) is 12.1 Å². The minimum absolute atomic E-state index is 0.142. The number of hydrogen-bond donors (Lipinski definition) is 3. The standard InChI is InChI=1S/C11H16BrNO2/c1-6(2)7-4-11(15)8(3-9(7)12)10(13)5-14/h3-4,6,10,14-15H,5,13H2,1-2H3. The molecule has 0 aliphatic carbocycles. The predicted molar refractivity (Wildman–Crippen MR) is 63.9 cm³/mol. The summed E-state index contributed by atoms with van der Waals surface area (Å²) in [6, 6.07) is 2.92. The van der Waals surface area contributed by atoms with Gasteiger partial charge in [-0.25, -0.2) is 0 Å². The normalized spacial score (nSPS) is 13.2. The minimum Gasteiger partial charge on any atom is -0.508 e. The maximum Gasteiger partial charge on any atom is 0.120 e. The lowest BCUT2D eigenvalue weighted by atomic mass is 9.98. The van der Waals surface area contributed by atoms with E-state index in [9.17, 15) is 5.11 Å². The van der Waals surface area contributed by atoms with Gasteiger partial charge >= 0.3 is 0 Å². The van der Waals surface area contributed by atoms with Gasteiger partial charge in [-0.3, -0.25) is 0 Å². The van der Waals surface area contributed by atoms with Crippen molar-refractivity contribution in [3.05, 3.63) is 27.7 Å². The molecule has 1 rings (SSSR count). The maximum atomic E-state index is 9.75. The van der Waals surface area contributed by atoms with E-state index in [1.807, 2.05) is 13.8 Å². The Balaban J connectivity index is 3.19. The summed E-state index contributed by atoms with van der Waals surface area (Å²) < 4.78 is 0.911. The van der Waals surface area contributed by atoms with Crippen LogP contribution in [0.1, 0.15) is 36.9 Å². The second kappa shape index (κ2) is 4.96. The molecule has 0 aliphatic heterocycles. The average Bonchev–Trinajstić information content (AvgIpc) is 2.19. The van der Waals surface area contributed by atoms with E-state index >= 15 is 0 Å². The summed E-state index contributed by atoms with van der Waals surface area (Å²) in [4.78, 5) is 0. The first kappa shape index (κ1) is 12.5. The average molecular weight is 274 g/mol. The van der Waals surface area contributed by atoms with Gasteiger partial charge in [0.2, 0.25) is 0 Å². The van der Waals surface area contributed by atoms with Crippen LogP contribution in [0, 0.1) is 0 Å². The van der Waals surface area contributed by atoms with Crippen LogP contribution in [0.2, 0.25) is 0 Å². The van der Waals surface area contributed by atoms with Gasteiger partial charge in [-0.2, -0.15) is 0 Å². The topological polar surface area (TPSA) is 66.5 Å². The number of aliphatic hydroxyl groups excluding tert-OH is 1. The van der Waals surface area contributed by atoms with Crippen LogP contribution < -0.4 is 5.73 Å². The Labute approximate surface area is 98.1 Å². The predicted octanol–water partition coefficient (Wildman–Crippen LogP) is 2.27. The summed E-state index contributed by atoms with van der Waals surface area (Å²) >= 11 is 3.43. The smallest absolute Gasteiger partial charge is 0.120 e. The first-order valence-corrected chi connectivity index (χ1v) is 5.65. The van der Waals surface area contributed by atoms with E-state index in [2.05, 4.69) is 15.9 Å². The van der Waals surface area contributed by atoms with Crippen molar-refractivity contribution in [2.75, 3.05) is 6.61 Å². The van der Waals surface area contributed by atoms with Gasteiger partial charge < -0.3 is 15.9 Å². The van der Waals surface area contributed by atoms with Crippen molar-refractivity contribution in [3.63, 3.8) is 0 Å². The van der Waals surface area contributed by atoms with Crippen molar-refractivity contribution in [2.45, 2.75) is 25.8 Å². The van der Waals surface area contributed by atoms with Gasteiger partial charge in [-0.05, 0) is 23.6 Å². The Hall–Kier alpha value is -0.580. The van der Waals surface area contributed by atoms with Crippen LogP contribution in [0.25, 0.3) is 0 Å². The molecule has 3 nitrogen and oxygen atoms in total. The Kier molecular flexibility index (Phi) is 4.13. The van der Waals surface area contributed by atoms with Crippen molar-refractivity contribution < 1.29 is 10.2 Å². The largest absolute Gasteiger partial charge is 0.508 e. The highest BCUT2D eigenvalue weighted by molar-refractivity contribution is 9.10. The second-order valence-electron chi connectivity index (χ2n) is 3.88. The fourth-order valence-corrected chi connectivity index (χ4v) is 2.25. The van der Waals surface area contributed by atoms with Crippen LogP contribution in [0.4, 0.5) is 0 Å². The zero-order chi connectivity index (χ0) is 11.6. The molecule has 4 N–H and O–H groups in total. The lowest BCUT2D eigenvalue weighted by Gasteiger charge is -2.15. The van der Waals surface area contributed by atoms with E-state index in [0.29, 0.717) is 11.5 Å². The highest BCUT2D eigenvalue weighted by atomic mass is 79.9. The highest BCUT2D eigenvalue weighted by Crippen LogP contribution is 2.33. The zero-order valence-corrected chi connectivity index (χ0v) is 10.5. The van der Waals surface area contributed by atoms with Crippen molar-refractivity contribution in [3.8, 4) is 5.75 Å². The molecule has 0 aliphatic rings. The molecular weight excluding hydrogens is 258 g/mol. The molecule has 0 amide bonds. The van der Waals surface area contributed by atoms with Gasteiger partial charge in [0.15, 0.2) is 0 Å². The van der Waals surface area contributed by atoms with Crippen LogP contribution in [0.15, 0.2) is 16.6 Å². The summed E-state index contributed by atoms with van der Waals surface area (Å²) in [5.74, 6) is 0.466. The van der Waals surface area contributed by atoms with Gasteiger partial charge in [0.05, 0.1) is 12.6 Å². The molecule has 0 saturated heterocycles. The molecule has 1 aromatic carbocycles. The third kappa shape index (κ3) is 2.71. The SMILES string of the molecule is CC(C)c1cc(O)c(C(N)CO)cc1Br. The molecule has 1 aromatic rings. The first-order valence-electron chi connectivity index (χ1n) is 4.86. The van der Waals surface area contributed by atoms with Crippen molar-refractivity contribution in [1.29, 1.82) is 0 Å². The van der Waals surface area contributed by atoms with Crippen molar-refractivity contribution in [1.82, 2.24) is 0 Å². The molecule has 4 heteroatoms. The molecule has 0 radical (unpaired) electrons. The number of benzene rings is 1. The molecule has 0 fully saturated rings. The van der Waals surface area contributed by atoms with Gasteiger partial charge in [0.25, 0.3) is 0 Å². The van der Waals surface area contributed by atoms with E-state index in [-0.39, 0.29) is 12.4 Å². The molecule has 15 heavy (non-hydrogen) atoms. The van der Waals surface area contributed by atoms with E-state index in [1.165, 1.54) is 0 Å². The summed E-state index contributed by atoms with van der Waals surface area (Å²) in [7, 11) is 0. The molecule has 0 spiro atoms. The molecule has 0 heterocycles. The van der Waals surface area contributed by atoms with E-state index < -0.39 is 6.04 Å². The number of aliphatic hydroxyl groups is 1. The lowest BCUT2D eigenvalue weighted by molar-refractivity contribution is 0.265. The lowest BCUT2D eigenvalue weighted by Crippen LogP contribution is -2.14. The Morgan fingerprint density at radius 3 is 2.40 bits per heavy atom. The number of rotatable bonds is 3. The van der Waals surface area contributed by atoms with Gasteiger partial charge in [0.1, 0.15) is 5.75 Å². The van der Waals surface area contributed by atoms with Crippen LogP contribution in [-0.4, -0.2) is 16.8 Å². The fraction of sp³-hybridized carbons (Fsp3) is 0.455. The van der Waals surface area contributed by atoms with Gasteiger partial charge in [-0.15, -0.1) is 0 Å². The highest BCUT2D eigenvalue weighted by Gasteiger charge is 2.14. The number of nitrogens with two attached hydrogens (primary N) is 1. The molecule has 0 aromatic heterocycles. The number of halogens is 1. The number of hydrogen-bond acceptors (Lipinski definition) is 3. The second-order valence-corrected chi connectivity index (χ2v) is 4.73. The Morgan fingerprint density at radius 2 is 1.93 bits per heavy atom. The Morgan fingerprint density at radius 1 is 1.33 bits per heavy atom. The number of phenols is 1. The van der Waals surface area contributed by atoms with E-state index in [4.69, 9.17) is 10.8 Å². The zero-order valence-electron chi connectivity index (χ0n) is 8.87. The quantitative estimate of drug-likeness (QED) is 0.792. The molecular formula is C11H16BrNO2. The Bertz CT molecular complexity index is 353. The first-order chi connectivity index (χ1) is 6.97. The third-order valence-electron chi connectivity index (χ3n) is 2.36. The van der Waals surface area contributed by atoms with Crippen LogP contribution in [-0.2, 0) is 0 Å². The molecule has 84 valence electrons. The number of phenolic OH excluding ortho intramolecular Hbond substituents is 1. The molecule has 0 saturated carbocycles. The fourth-order valence-electron chi connectivity index (χ4n) is 1.43. The van der Waals surface area contributed by atoms with Gasteiger partial charge in [0, 0.05) is 10.0 Å². The van der Waals surface area contributed by atoms with Crippen LogP contribution in [0.3, 0.4) is 0 Å². The van der Waals surface area contributed by atoms with Crippen LogP contribution in [0.5, 0.6) is 5.75 Å². The summed E-state index contributed by atoms with van der Waals surface area (Å²) in [5, 5.41) is 18.7. The summed E-state index contributed by atoms with van der Waals surface area (Å²) in [5.41, 5.74) is 7.25. The van der Waals surface area contributed by atoms with E-state index in [0.717, 1.165) is 10.0 Å². The molecule has 1 atom stereocenters. The van der Waals surface area contributed by atoms with Crippen molar-refractivity contribution in [2.24, 2.45) is 5.73 Å². The minimum atomic E-state index is -0.539. The number of aromatic hydroxyl groups is 1. The van der Waals surface area contributed by atoms with Crippen molar-refractivity contribution >= 4 is 15.9 Å². The molecule has 1 unspecified atom stereocenters. The summed E-state index contributed by atoms with van der Waals surface area (Å²) in [6.45, 7) is 3.91. The van der Waals surface area contributed by atoms with Crippen LogP contribution >= 0.6 is 15.9 Å². The molecule has 0 bridgehead atoms. The monoisotopic (exact) mass is 273 g/mol. The third-order valence-corrected chi connectivity index (χ3v) is 3.05. The maximum absolute atomic E-state index is 9.75. The van der Waals surface area contributed by atoms with Gasteiger partial charge in [-0.1, -0.05) is 29.8 Å². The summed E-state index contributed by atoms with van der Waals surface area (Å²) in [6.07, 6.45) is 0.